The summed E-state index contributed by atoms with van der Waals surface area (Å²) in [4.78, 5) is 12.4. The second-order valence-electron chi connectivity index (χ2n) is 8.30. The smallest absolute Gasteiger partial charge is 0.352 e. The van der Waals surface area contributed by atoms with Gasteiger partial charge in [0.2, 0.25) is 0 Å². The highest BCUT2D eigenvalue weighted by Gasteiger charge is 2.22. The maximum absolute atomic E-state index is 12.4. The predicted octanol–water partition coefficient (Wildman–Crippen LogP) is 5.38. The molecule has 6 nitrogen and oxygen atoms in total. The highest BCUT2D eigenvalue weighted by molar-refractivity contribution is 5.98. The number of rotatable bonds is 11. The number of aromatic nitrogens is 1. The van der Waals surface area contributed by atoms with Crippen molar-refractivity contribution in [1.82, 2.24) is 9.88 Å². The molecule has 2 N–H and O–H groups in total. The molecule has 4 aromatic rings. The third-order valence-electron chi connectivity index (χ3n) is 6.17. The van der Waals surface area contributed by atoms with E-state index in [-0.39, 0.29) is 0 Å². The van der Waals surface area contributed by atoms with Crippen molar-refractivity contribution in [2.45, 2.75) is 19.5 Å². The summed E-state index contributed by atoms with van der Waals surface area (Å²) in [7, 11) is 3.24. The van der Waals surface area contributed by atoms with Gasteiger partial charge in [-0.05, 0) is 47.9 Å². The van der Waals surface area contributed by atoms with Gasteiger partial charge in [-0.1, -0.05) is 61.2 Å². The average molecular weight is 471 g/mol. The maximum Gasteiger partial charge on any atom is 0.352 e. The minimum absolute atomic E-state index is 0.317. The second kappa shape index (κ2) is 10.9. The zero-order valence-corrected chi connectivity index (χ0v) is 20.1. The number of nitrogens with zero attached hydrogens (tertiary/aromatic N) is 1. The van der Waals surface area contributed by atoms with Crippen LogP contribution in [0.5, 0.6) is 11.5 Å². The number of methoxy groups -OCH3 is 2. The van der Waals surface area contributed by atoms with Gasteiger partial charge in [-0.15, -0.1) is 0 Å². The van der Waals surface area contributed by atoms with Gasteiger partial charge >= 0.3 is 5.97 Å². The summed E-state index contributed by atoms with van der Waals surface area (Å²) in [6.45, 7) is 5.42. The van der Waals surface area contributed by atoms with Crippen molar-refractivity contribution in [1.29, 1.82) is 0 Å². The van der Waals surface area contributed by atoms with Crippen LogP contribution in [0.4, 0.5) is 0 Å². The Kier molecular flexibility index (Phi) is 7.53. The summed E-state index contributed by atoms with van der Waals surface area (Å²) in [5, 5.41) is 14.5. The van der Waals surface area contributed by atoms with E-state index in [2.05, 4.69) is 11.9 Å². The molecule has 0 aliphatic heterocycles. The van der Waals surface area contributed by atoms with Crippen molar-refractivity contribution in [3.63, 3.8) is 0 Å². The highest BCUT2D eigenvalue weighted by Crippen LogP contribution is 2.29. The molecule has 35 heavy (non-hydrogen) atoms. The van der Waals surface area contributed by atoms with E-state index < -0.39 is 5.97 Å². The number of nitrogens with one attached hydrogen (secondary N) is 1. The number of benzene rings is 3. The first-order chi connectivity index (χ1) is 17.0. The van der Waals surface area contributed by atoms with Gasteiger partial charge in [-0.25, -0.2) is 4.79 Å². The van der Waals surface area contributed by atoms with Crippen molar-refractivity contribution in [2.75, 3.05) is 20.8 Å². The Labute approximate surface area is 205 Å². The summed E-state index contributed by atoms with van der Waals surface area (Å²) >= 11 is 0. The Hall–Kier alpha value is -4.03. The zero-order chi connectivity index (χ0) is 24.8. The third kappa shape index (κ3) is 5.23. The number of carbonyl (C=O) groups is 1. The monoisotopic (exact) mass is 470 g/mol. The molecule has 0 bridgehead atoms. The van der Waals surface area contributed by atoms with Crippen molar-refractivity contribution in [2.24, 2.45) is 0 Å². The van der Waals surface area contributed by atoms with Crippen LogP contribution in [0, 0.1) is 0 Å². The number of ether oxygens (including phenoxy) is 2. The van der Waals surface area contributed by atoms with Crippen LogP contribution in [0.25, 0.3) is 17.0 Å². The van der Waals surface area contributed by atoms with Gasteiger partial charge in [-0.3, -0.25) is 0 Å². The van der Waals surface area contributed by atoms with Gasteiger partial charge in [-0.2, -0.15) is 0 Å². The van der Waals surface area contributed by atoms with Crippen molar-refractivity contribution < 1.29 is 19.4 Å². The third-order valence-corrected chi connectivity index (χ3v) is 6.17. The fraction of sp³-hybridized carbons (Fsp3) is 0.207. The number of para-hydroxylation sites is 1. The molecule has 0 aliphatic carbocycles. The number of aromatic carboxylic acids is 1. The van der Waals surface area contributed by atoms with Gasteiger partial charge in [0, 0.05) is 29.6 Å². The Morgan fingerprint density at radius 2 is 1.71 bits per heavy atom. The van der Waals surface area contributed by atoms with Gasteiger partial charge in [0.25, 0.3) is 0 Å². The summed E-state index contributed by atoms with van der Waals surface area (Å²) in [5.74, 6) is 0.463. The van der Waals surface area contributed by atoms with E-state index in [0.29, 0.717) is 36.8 Å². The van der Waals surface area contributed by atoms with Crippen LogP contribution < -0.4 is 14.8 Å². The van der Waals surface area contributed by atoms with Crippen molar-refractivity contribution in [3.8, 4) is 11.5 Å². The van der Waals surface area contributed by atoms with Crippen LogP contribution in [-0.2, 0) is 19.5 Å². The number of fused-ring (bicyclic) bond motifs is 1. The lowest BCUT2D eigenvalue weighted by Gasteiger charge is -2.11. The van der Waals surface area contributed by atoms with Crippen LogP contribution in [0.1, 0.15) is 32.7 Å². The molecule has 0 radical (unpaired) electrons. The molecular formula is C29H30N2O4. The predicted molar refractivity (Wildman–Crippen MR) is 139 cm³/mol. The fourth-order valence-electron chi connectivity index (χ4n) is 4.39. The van der Waals surface area contributed by atoms with Crippen molar-refractivity contribution >= 4 is 22.9 Å². The number of hydrogen-bond acceptors (Lipinski definition) is 4. The molecule has 0 fully saturated rings. The standard InChI is InChI=1S/C29H30N2O4/c1-4-20-9-11-22(12-10-20)19-31-25-8-6-5-7-23(25)24(28(31)29(32)33)18-30-16-15-21-13-14-26(34-2)27(17-21)35-3/h4-14,17,30H,1,15-16,18-19H2,2-3H3,(H,32,33). The molecule has 6 heteroatoms. The van der Waals surface area contributed by atoms with Crippen LogP contribution in [0.2, 0.25) is 0 Å². The summed E-state index contributed by atoms with van der Waals surface area (Å²) < 4.78 is 12.6. The number of carboxylic acid groups (broad SMARTS) is 1. The van der Waals surface area contributed by atoms with Crippen LogP contribution in [0.3, 0.4) is 0 Å². The molecule has 1 heterocycles. The molecule has 0 aliphatic rings. The normalized spacial score (nSPS) is 10.9. The highest BCUT2D eigenvalue weighted by atomic mass is 16.5. The fourth-order valence-corrected chi connectivity index (χ4v) is 4.39. The van der Waals surface area contributed by atoms with Crippen LogP contribution in [-0.4, -0.2) is 36.4 Å². The lowest BCUT2D eigenvalue weighted by molar-refractivity contribution is 0.0684. The summed E-state index contributed by atoms with van der Waals surface area (Å²) in [6, 6.07) is 21.7. The quantitative estimate of drug-likeness (QED) is 0.288. The summed E-state index contributed by atoms with van der Waals surface area (Å²) in [6.07, 6.45) is 2.57. The minimum Gasteiger partial charge on any atom is -0.493 e. The van der Waals surface area contributed by atoms with Gasteiger partial charge in [0.05, 0.1) is 14.2 Å². The molecule has 1 aromatic heterocycles. The molecule has 180 valence electrons. The lowest BCUT2D eigenvalue weighted by atomic mass is 10.1. The summed E-state index contributed by atoms with van der Waals surface area (Å²) in [5.41, 5.74) is 5.20. The van der Waals surface area contributed by atoms with E-state index in [9.17, 15) is 9.90 Å². The average Bonchev–Trinajstić information content (AvgIpc) is 3.20. The molecule has 0 spiro atoms. The van der Waals surface area contributed by atoms with Gasteiger partial charge in [0.1, 0.15) is 5.69 Å². The first-order valence-corrected chi connectivity index (χ1v) is 11.5. The molecule has 0 unspecified atom stereocenters. The molecule has 3 aromatic carbocycles. The van der Waals surface area contributed by atoms with E-state index in [0.717, 1.165) is 39.6 Å². The zero-order valence-electron chi connectivity index (χ0n) is 20.1. The lowest BCUT2D eigenvalue weighted by Crippen LogP contribution is -2.19. The molecule has 0 saturated heterocycles. The number of hydrogen-bond donors (Lipinski definition) is 2. The van der Waals surface area contributed by atoms with E-state index in [4.69, 9.17) is 9.47 Å². The topological polar surface area (TPSA) is 72.7 Å². The van der Waals surface area contributed by atoms with Crippen LogP contribution >= 0.6 is 0 Å². The molecule has 0 saturated carbocycles. The van der Waals surface area contributed by atoms with Gasteiger partial charge < -0.3 is 24.5 Å². The van der Waals surface area contributed by atoms with E-state index in [1.165, 1.54) is 0 Å². The Balaban J connectivity index is 1.56. The van der Waals surface area contributed by atoms with E-state index in [1.807, 2.05) is 71.3 Å². The van der Waals surface area contributed by atoms with E-state index in [1.54, 1.807) is 20.3 Å². The maximum atomic E-state index is 12.4. The first kappa shape index (κ1) is 24.1. The Bertz CT molecular complexity index is 1340. The Morgan fingerprint density at radius 3 is 2.40 bits per heavy atom. The SMILES string of the molecule is C=Cc1ccc(Cn2c(C(=O)O)c(CNCCc3ccc(OC)c(OC)c3)c3ccccc32)cc1. The van der Waals surface area contributed by atoms with E-state index >= 15 is 0 Å². The molecule has 0 atom stereocenters. The number of carboxylic acids is 1. The molecule has 4 rings (SSSR count). The van der Waals surface area contributed by atoms with Crippen molar-refractivity contribution in [3.05, 3.63) is 101 Å². The second-order valence-corrected chi connectivity index (χ2v) is 8.30. The van der Waals surface area contributed by atoms with Crippen LogP contribution in [0.15, 0.2) is 73.3 Å². The first-order valence-electron chi connectivity index (χ1n) is 11.5. The molecule has 0 amide bonds. The minimum atomic E-state index is -0.930. The molecular weight excluding hydrogens is 440 g/mol. The van der Waals surface area contributed by atoms with Gasteiger partial charge in [0.15, 0.2) is 11.5 Å². The Morgan fingerprint density at radius 1 is 1.00 bits per heavy atom. The largest absolute Gasteiger partial charge is 0.493 e.